The molecule has 1 saturated carbocycles. The Bertz CT molecular complexity index is 373. The molecule has 3 heteroatoms. The van der Waals surface area contributed by atoms with E-state index in [1.165, 1.54) is 36.4 Å². The Labute approximate surface area is 122 Å². The fraction of sp³-hybridized carbons (Fsp3) is 0.625. The summed E-state index contributed by atoms with van der Waals surface area (Å²) in [5, 5.41) is 3.64. The summed E-state index contributed by atoms with van der Waals surface area (Å²) < 4.78 is 0. The molecule has 0 saturated heterocycles. The summed E-state index contributed by atoms with van der Waals surface area (Å²) in [6.07, 6.45) is 4.92. The third kappa shape index (κ3) is 4.51. The molecule has 0 heterocycles. The van der Waals surface area contributed by atoms with E-state index in [1.807, 2.05) is 0 Å². The van der Waals surface area contributed by atoms with Crippen molar-refractivity contribution in [3.05, 3.63) is 29.8 Å². The molecule has 19 heavy (non-hydrogen) atoms. The van der Waals surface area contributed by atoms with Crippen LogP contribution in [0.15, 0.2) is 29.2 Å². The summed E-state index contributed by atoms with van der Waals surface area (Å²) in [6.45, 7) is 7.96. The van der Waals surface area contributed by atoms with E-state index in [4.69, 9.17) is 0 Å². The average molecular weight is 278 g/mol. The summed E-state index contributed by atoms with van der Waals surface area (Å²) >= 11 is 1.80. The molecule has 1 atom stereocenters. The number of likely N-dealkylation sites (N-methyl/N-ethyl adjacent to an activating group) is 1. The van der Waals surface area contributed by atoms with Crippen molar-refractivity contribution in [2.75, 3.05) is 25.9 Å². The molecule has 1 aromatic carbocycles. The normalized spacial score (nSPS) is 16.8. The van der Waals surface area contributed by atoms with Gasteiger partial charge in [-0.2, -0.15) is 0 Å². The second-order valence-electron chi connectivity index (χ2n) is 5.31. The fourth-order valence-corrected chi connectivity index (χ4v) is 2.88. The highest BCUT2D eigenvalue weighted by Crippen LogP contribution is 2.26. The van der Waals surface area contributed by atoms with E-state index in [0.29, 0.717) is 6.04 Å². The van der Waals surface area contributed by atoms with Crippen LogP contribution >= 0.6 is 11.8 Å². The van der Waals surface area contributed by atoms with Gasteiger partial charge in [0.25, 0.3) is 0 Å². The van der Waals surface area contributed by atoms with Crippen LogP contribution in [-0.2, 0) is 0 Å². The number of rotatable bonds is 8. The maximum atomic E-state index is 3.64. The van der Waals surface area contributed by atoms with Crippen molar-refractivity contribution in [3.63, 3.8) is 0 Å². The molecule has 106 valence electrons. The number of nitrogens with one attached hydrogen (secondary N) is 1. The van der Waals surface area contributed by atoms with Crippen molar-refractivity contribution in [1.29, 1.82) is 0 Å². The molecule has 0 bridgehead atoms. The fourth-order valence-electron chi connectivity index (χ4n) is 2.47. The van der Waals surface area contributed by atoms with Gasteiger partial charge in [-0.25, -0.2) is 0 Å². The summed E-state index contributed by atoms with van der Waals surface area (Å²) in [7, 11) is 0. The van der Waals surface area contributed by atoms with Gasteiger partial charge < -0.3 is 5.32 Å². The molecule has 0 radical (unpaired) electrons. The zero-order chi connectivity index (χ0) is 13.7. The second kappa shape index (κ2) is 7.32. The molecule has 0 amide bonds. The van der Waals surface area contributed by atoms with Crippen LogP contribution in [0, 0.1) is 0 Å². The lowest BCUT2D eigenvalue weighted by Crippen LogP contribution is -2.34. The lowest BCUT2D eigenvalue weighted by molar-refractivity contribution is 0.273. The van der Waals surface area contributed by atoms with Gasteiger partial charge in [0.05, 0.1) is 0 Å². The second-order valence-corrected chi connectivity index (χ2v) is 6.19. The Morgan fingerprint density at radius 3 is 2.53 bits per heavy atom. The highest BCUT2D eigenvalue weighted by molar-refractivity contribution is 7.98. The van der Waals surface area contributed by atoms with Gasteiger partial charge >= 0.3 is 0 Å². The Hall–Kier alpha value is -0.510. The first-order valence-corrected chi connectivity index (χ1v) is 8.58. The third-order valence-corrected chi connectivity index (χ3v) is 4.68. The molecule has 1 aromatic rings. The maximum absolute atomic E-state index is 3.64. The molecule has 1 unspecified atom stereocenters. The van der Waals surface area contributed by atoms with Crippen molar-refractivity contribution in [1.82, 2.24) is 10.2 Å². The predicted octanol–water partition coefficient (Wildman–Crippen LogP) is 3.54. The molecule has 0 spiro atoms. The summed E-state index contributed by atoms with van der Waals surface area (Å²) in [4.78, 5) is 3.93. The van der Waals surface area contributed by atoms with E-state index < -0.39 is 0 Å². The van der Waals surface area contributed by atoms with Crippen LogP contribution in [0.1, 0.15) is 38.3 Å². The topological polar surface area (TPSA) is 15.3 Å². The Morgan fingerprint density at radius 2 is 2.00 bits per heavy atom. The van der Waals surface area contributed by atoms with Crippen LogP contribution in [-0.4, -0.2) is 36.8 Å². The van der Waals surface area contributed by atoms with Gasteiger partial charge in [0.2, 0.25) is 0 Å². The molecular formula is C16H26N2S. The monoisotopic (exact) mass is 278 g/mol. The van der Waals surface area contributed by atoms with Gasteiger partial charge in [0, 0.05) is 30.1 Å². The minimum atomic E-state index is 0.439. The highest BCUT2D eigenvalue weighted by Gasteiger charge is 2.27. The van der Waals surface area contributed by atoms with Gasteiger partial charge in [-0.05, 0) is 50.3 Å². The molecule has 1 aliphatic carbocycles. The van der Waals surface area contributed by atoms with Crippen LogP contribution in [0.25, 0.3) is 0 Å². The molecular weight excluding hydrogens is 252 g/mol. The minimum Gasteiger partial charge on any atom is -0.309 e. The molecule has 0 aliphatic heterocycles. The number of benzene rings is 1. The molecule has 1 N–H and O–H groups in total. The Morgan fingerprint density at radius 1 is 1.32 bits per heavy atom. The Kier molecular flexibility index (Phi) is 5.74. The zero-order valence-corrected chi connectivity index (χ0v) is 13.2. The van der Waals surface area contributed by atoms with Gasteiger partial charge in [-0.15, -0.1) is 11.8 Å². The molecule has 1 fully saturated rings. The van der Waals surface area contributed by atoms with E-state index in [9.17, 15) is 0 Å². The van der Waals surface area contributed by atoms with Crippen molar-refractivity contribution >= 4 is 11.8 Å². The summed E-state index contributed by atoms with van der Waals surface area (Å²) in [5.74, 6) is 0. The van der Waals surface area contributed by atoms with Crippen molar-refractivity contribution in [3.8, 4) is 0 Å². The van der Waals surface area contributed by atoms with E-state index in [-0.39, 0.29) is 0 Å². The van der Waals surface area contributed by atoms with Crippen LogP contribution in [0.5, 0.6) is 0 Å². The summed E-state index contributed by atoms with van der Waals surface area (Å²) in [5.41, 5.74) is 1.38. The zero-order valence-electron chi connectivity index (χ0n) is 12.4. The standard InChI is InChI=1S/C16H26N2S/c1-4-18(15-7-8-15)12-11-17-13(2)14-5-9-16(19-3)10-6-14/h5-6,9-10,13,15,17H,4,7-8,11-12H2,1-3H3. The van der Waals surface area contributed by atoms with Crippen LogP contribution < -0.4 is 5.32 Å². The minimum absolute atomic E-state index is 0.439. The molecule has 0 aromatic heterocycles. The number of nitrogens with zero attached hydrogens (tertiary/aromatic N) is 1. The number of hydrogen-bond donors (Lipinski definition) is 1. The maximum Gasteiger partial charge on any atom is 0.0292 e. The van der Waals surface area contributed by atoms with Gasteiger partial charge in [0.15, 0.2) is 0 Å². The lowest BCUT2D eigenvalue weighted by Gasteiger charge is -2.22. The predicted molar refractivity (Wildman–Crippen MR) is 84.9 cm³/mol. The molecule has 2 rings (SSSR count). The number of thioether (sulfide) groups is 1. The molecule has 2 nitrogen and oxygen atoms in total. The van der Waals surface area contributed by atoms with E-state index in [0.717, 1.165) is 12.6 Å². The highest BCUT2D eigenvalue weighted by atomic mass is 32.2. The SMILES string of the molecule is CCN(CCNC(C)c1ccc(SC)cc1)C1CC1. The third-order valence-electron chi connectivity index (χ3n) is 3.93. The van der Waals surface area contributed by atoms with Crippen molar-refractivity contribution in [2.24, 2.45) is 0 Å². The quantitative estimate of drug-likeness (QED) is 0.732. The van der Waals surface area contributed by atoms with Gasteiger partial charge in [-0.3, -0.25) is 4.90 Å². The lowest BCUT2D eigenvalue weighted by atomic mass is 10.1. The average Bonchev–Trinajstić information content (AvgIpc) is 3.28. The first-order chi connectivity index (χ1) is 9.24. The van der Waals surface area contributed by atoms with E-state index in [2.05, 4.69) is 54.6 Å². The van der Waals surface area contributed by atoms with Crippen molar-refractivity contribution in [2.45, 2.75) is 43.7 Å². The smallest absolute Gasteiger partial charge is 0.0292 e. The van der Waals surface area contributed by atoms with E-state index in [1.54, 1.807) is 11.8 Å². The van der Waals surface area contributed by atoms with Crippen LogP contribution in [0.3, 0.4) is 0 Å². The largest absolute Gasteiger partial charge is 0.309 e. The first-order valence-electron chi connectivity index (χ1n) is 7.36. The van der Waals surface area contributed by atoms with E-state index >= 15 is 0 Å². The molecule has 1 aliphatic rings. The van der Waals surface area contributed by atoms with Gasteiger partial charge in [-0.1, -0.05) is 19.1 Å². The van der Waals surface area contributed by atoms with Crippen LogP contribution in [0.2, 0.25) is 0 Å². The number of hydrogen-bond acceptors (Lipinski definition) is 3. The van der Waals surface area contributed by atoms with Gasteiger partial charge in [0.1, 0.15) is 0 Å². The first kappa shape index (κ1) is 14.9. The van der Waals surface area contributed by atoms with Crippen LogP contribution in [0.4, 0.5) is 0 Å². The summed E-state index contributed by atoms with van der Waals surface area (Å²) in [6, 6.07) is 10.2. The Balaban J connectivity index is 1.74. The van der Waals surface area contributed by atoms with Crippen molar-refractivity contribution < 1.29 is 0 Å².